The Morgan fingerprint density at radius 1 is 1.03 bits per heavy atom. The summed E-state index contributed by atoms with van der Waals surface area (Å²) in [6, 6.07) is 8.74. The van der Waals surface area contributed by atoms with E-state index in [9.17, 15) is 4.79 Å². The lowest BCUT2D eigenvalue weighted by molar-refractivity contribution is 0.0950. The van der Waals surface area contributed by atoms with E-state index in [1.807, 2.05) is 39.0 Å². The predicted molar refractivity (Wildman–Crippen MR) is 114 cm³/mol. The highest BCUT2D eigenvalue weighted by Gasteiger charge is 2.16. The van der Waals surface area contributed by atoms with Crippen LogP contribution in [-0.4, -0.2) is 33.3 Å². The fraction of sp³-hybridized carbons (Fsp3) is 0.409. The maximum atomic E-state index is 12.6. The Labute approximate surface area is 177 Å². The van der Waals surface area contributed by atoms with Crippen LogP contribution in [0.3, 0.4) is 0 Å². The number of carbonyl (C=O) groups is 1. The van der Waals surface area contributed by atoms with Crippen molar-refractivity contribution in [2.45, 2.75) is 27.3 Å². The first-order valence-corrected chi connectivity index (χ1v) is 9.85. The molecule has 0 aliphatic heterocycles. The van der Waals surface area contributed by atoms with Gasteiger partial charge in [-0.05, 0) is 42.7 Å². The lowest BCUT2D eigenvalue weighted by Crippen LogP contribution is -2.23. The van der Waals surface area contributed by atoms with Crippen LogP contribution in [0.15, 0.2) is 30.3 Å². The molecule has 7 heteroatoms. The molecule has 0 spiro atoms. The molecule has 0 aromatic heterocycles. The molecule has 2 aromatic carbocycles. The molecule has 1 N–H and O–H groups in total. The van der Waals surface area contributed by atoms with Crippen LogP contribution in [0.1, 0.15) is 36.7 Å². The van der Waals surface area contributed by atoms with Crippen LogP contribution in [0.2, 0.25) is 5.02 Å². The van der Waals surface area contributed by atoms with Crippen molar-refractivity contribution in [3.05, 3.63) is 46.5 Å². The van der Waals surface area contributed by atoms with Gasteiger partial charge in [-0.3, -0.25) is 4.79 Å². The molecular weight excluding hydrogens is 394 g/mol. The Bertz CT molecular complexity index is 838. The molecule has 6 nitrogen and oxygen atoms in total. The zero-order chi connectivity index (χ0) is 21.4. The molecule has 0 aliphatic rings. The van der Waals surface area contributed by atoms with Gasteiger partial charge in [0.25, 0.3) is 5.91 Å². The van der Waals surface area contributed by atoms with Crippen molar-refractivity contribution >= 4 is 17.5 Å². The monoisotopic (exact) mass is 421 g/mol. The summed E-state index contributed by atoms with van der Waals surface area (Å²) in [6.45, 7) is 7.36. The number of hydrogen-bond acceptors (Lipinski definition) is 5. The summed E-state index contributed by atoms with van der Waals surface area (Å²) in [5.74, 6) is 2.22. The third kappa shape index (κ3) is 6.19. The van der Waals surface area contributed by atoms with Gasteiger partial charge in [0.2, 0.25) is 0 Å². The Kier molecular flexibility index (Phi) is 8.46. The Morgan fingerprint density at radius 2 is 1.76 bits per heavy atom. The summed E-state index contributed by atoms with van der Waals surface area (Å²) in [6.07, 6.45) is 0. The first-order chi connectivity index (χ1) is 13.9. The van der Waals surface area contributed by atoms with Crippen molar-refractivity contribution in [3.8, 4) is 23.0 Å². The van der Waals surface area contributed by atoms with E-state index < -0.39 is 0 Å². The molecule has 158 valence electrons. The van der Waals surface area contributed by atoms with Gasteiger partial charge in [0.1, 0.15) is 0 Å². The number of hydrogen-bond donors (Lipinski definition) is 1. The summed E-state index contributed by atoms with van der Waals surface area (Å²) in [5, 5.41) is 3.21. The first kappa shape index (κ1) is 22.7. The highest BCUT2D eigenvalue weighted by Crippen LogP contribution is 2.36. The molecule has 0 bridgehead atoms. The number of rotatable bonds is 10. The topological polar surface area (TPSA) is 66.0 Å². The number of benzene rings is 2. The van der Waals surface area contributed by atoms with Crippen molar-refractivity contribution in [2.75, 3.05) is 27.4 Å². The van der Waals surface area contributed by atoms with Gasteiger partial charge in [-0.1, -0.05) is 31.5 Å². The molecular formula is C22H28ClNO5. The Morgan fingerprint density at radius 3 is 2.38 bits per heavy atom. The van der Waals surface area contributed by atoms with Gasteiger partial charge in [0, 0.05) is 12.1 Å². The fourth-order valence-corrected chi connectivity index (χ4v) is 2.89. The lowest BCUT2D eigenvalue weighted by Gasteiger charge is -2.15. The molecule has 1 amide bonds. The standard InChI is InChI=1S/C22H28ClNO5/c1-6-28-18-8-7-15(9-19(18)26-4)12-24-22(25)16-10-17(23)21(20(11-16)27-5)29-13-14(2)3/h7-11,14H,6,12-13H2,1-5H3,(H,24,25). The van der Waals surface area contributed by atoms with Crippen LogP contribution in [0.4, 0.5) is 0 Å². The van der Waals surface area contributed by atoms with Crippen LogP contribution in [0, 0.1) is 5.92 Å². The normalized spacial score (nSPS) is 10.6. The maximum Gasteiger partial charge on any atom is 0.251 e. The van der Waals surface area contributed by atoms with Crippen LogP contribution >= 0.6 is 11.6 Å². The zero-order valence-electron chi connectivity index (χ0n) is 17.5. The van der Waals surface area contributed by atoms with Crippen LogP contribution in [-0.2, 0) is 6.54 Å². The number of carbonyl (C=O) groups excluding carboxylic acids is 1. The number of amides is 1. The molecule has 0 atom stereocenters. The lowest BCUT2D eigenvalue weighted by atomic mass is 10.1. The first-order valence-electron chi connectivity index (χ1n) is 9.47. The summed E-state index contributed by atoms with van der Waals surface area (Å²) in [5.41, 5.74) is 1.27. The van der Waals surface area contributed by atoms with Gasteiger partial charge >= 0.3 is 0 Å². The second kappa shape index (κ2) is 10.8. The minimum Gasteiger partial charge on any atom is -0.493 e. The van der Waals surface area contributed by atoms with Gasteiger partial charge in [-0.25, -0.2) is 0 Å². The molecule has 0 radical (unpaired) electrons. The average molecular weight is 422 g/mol. The fourth-order valence-electron chi connectivity index (χ4n) is 2.62. The summed E-state index contributed by atoms with van der Waals surface area (Å²) in [4.78, 5) is 12.6. The third-order valence-electron chi connectivity index (χ3n) is 4.03. The SMILES string of the molecule is CCOc1ccc(CNC(=O)c2cc(Cl)c(OCC(C)C)c(OC)c2)cc1OC. The molecule has 0 fully saturated rings. The van der Waals surface area contributed by atoms with E-state index >= 15 is 0 Å². The van der Waals surface area contributed by atoms with Gasteiger partial charge in [-0.2, -0.15) is 0 Å². The zero-order valence-corrected chi connectivity index (χ0v) is 18.3. The predicted octanol–water partition coefficient (Wildman–Crippen LogP) is 4.72. The van der Waals surface area contributed by atoms with Crippen molar-refractivity contribution in [2.24, 2.45) is 5.92 Å². The van der Waals surface area contributed by atoms with E-state index in [0.717, 1.165) is 5.56 Å². The van der Waals surface area contributed by atoms with Crippen LogP contribution in [0.25, 0.3) is 0 Å². The smallest absolute Gasteiger partial charge is 0.251 e. The van der Waals surface area contributed by atoms with E-state index in [1.165, 1.54) is 7.11 Å². The molecule has 2 aromatic rings. The summed E-state index contributed by atoms with van der Waals surface area (Å²) < 4.78 is 21.9. The van der Waals surface area contributed by atoms with Crippen molar-refractivity contribution in [1.29, 1.82) is 0 Å². The van der Waals surface area contributed by atoms with Gasteiger partial charge < -0.3 is 24.3 Å². The quantitative estimate of drug-likeness (QED) is 0.601. The van der Waals surface area contributed by atoms with Gasteiger partial charge in [0.15, 0.2) is 23.0 Å². The van der Waals surface area contributed by atoms with Gasteiger partial charge in [-0.15, -0.1) is 0 Å². The van der Waals surface area contributed by atoms with Crippen molar-refractivity contribution < 1.29 is 23.7 Å². The second-order valence-electron chi connectivity index (χ2n) is 6.80. The summed E-state index contributed by atoms with van der Waals surface area (Å²) >= 11 is 6.33. The second-order valence-corrected chi connectivity index (χ2v) is 7.20. The number of halogens is 1. The Hall–Kier alpha value is -2.60. The number of ether oxygens (including phenoxy) is 4. The number of nitrogens with one attached hydrogen (secondary N) is 1. The van der Waals surface area contributed by atoms with Crippen LogP contribution in [0.5, 0.6) is 23.0 Å². The molecule has 29 heavy (non-hydrogen) atoms. The van der Waals surface area contributed by atoms with Crippen molar-refractivity contribution in [3.63, 3.8) is 0 Å². The van der Waals surface area contributed by atoms with Crippen LogP contribution < -0.4 is 24.3 Å². The van der Waals surface area contributed by atoms with Crippen molar-refractivity contribution in [1.82, 2.24) is 5.32 Å². The number of methoxy groups -OCH3 is 2. The van der Waals surface area contributed by atoms with E-state index in [2.05, 4.69) is 5.32 Å². The molecule has 0 saturated heterocycles. The highest BCUT2D eigenvalue weighted by molar-refractivity contribution is 6.32. The minimum absolute atomic E-state index is 0.270. The molecule has 0 heterocycles. The highest BCUT2D eigenvalue weighted by atomic mass is 35.5. The van der Waals surface area contributed by atoms with E-state index in [0.29, 0.717) is 59.3 Å². The molecule has 0 unspecified atom stereocenters. The average Bonchev–Trinajstić information content (AvgIpc) is 2.71. The molecule has 0 aliphatic carbocycles. The van der Waals surface area contributed by atoms with E-state index in [4.69, 9.17) is 30.5 Å². The maximum absolute atomic E-state index is 12.6. The van der Waals surface area contributed by atoms with Gasteiger partial charge in [0.05, 0.1) is 32.5 Å². The molecule has 2 rings (SSSR count). The van der Waals surface area contributed by atoms with E-state index in [-0.39, 0.29) is 5.91 Å². The Balaban J connectivity index is 2.11. The minimum atomic E-state index is -0.270. The van der Waals surface area contributed by atoms with E-state index in [1.54, 1.807) is 19.2 Å². The molecule has 0 saturated carbocycles. The summed E-state index contributed by atoms with van der Waals surface area (Å²) in [7, 11) is 3.10. The largest absolute Gasteiger partial charge is 0.493 e. The third-order valence-corrected chi connectivity index (χ3v) is 4.31.